The van der Waals surface area contributed by atoms with Crippen LogP contribution < -0.4 is 5.32 Å². The Balaban J connectivity index is 1.92. The maximum Gasteiger partial charge on any atom is 0.318 e. The van der Waals surface area contributed by atoms with Gasteiger partial charge >= 0.3 is 6.03 Å². The number of nitrogens with one attached hydrogen (secondary N) is 2. The molecule has 2 aromatic heterocycles. The Hall–Kier alpha value is -1.86. The number of aryl methyl sites for hydroxylation is 2. The fourth-order valence-electron chi connectivity index (χ4n) is 2.10. The quantitative estimate of drug-likeness (QED) is 0.731. The first-order chi connectivity index (χ1) is 10.6. The lowest BCUT2D eigenvalue weighted by Gasteiger charge is -2.22. The third-order valence-corrected chi connectivity index (χ3v) is 4.16. The number of aromatic nitrogens is 2. The van der Waals surface area contributed by atoms with Gasteiger partial charge < -0.3 is 20.3 Å². The average molecular weight is 322 g/mol. The molecule has 2 aromatic rings. The number of thiophene rings is 1. The first kappa shape index (κ1) is 16.5. The number of hydrogen-bond acceptors (Lipinski definition) is 4. The van der Waals surface area contributed by atoms with Crippen LogP contribution >= 0.6 is 11.3 Å². The third-order valence-electron chi connectivity index (χ3n) is 3.18. The highest BCUT2D eigenvalue weighted by Crippen LogP contribution is 2.17. The van der Waals surface area contributed by atoms with E-state index >= 15 is 0 Å². The molecule has 6 nitrogen and oxygen atoms in total. The summed E-state index contributed by atoms with van der Waals surface area (Å²) in [4.78, 5) is 23.7. The van der Waals surface area contributed by atoms with Crippen molar-refractivity contribution in [2.24, 2.45) is 0 Å². The highest BCUT2D eigenvalue weighted by molar-refractivity contribution is 7.11. The molecule has 0 fully saturated rings. The molecule has 0 saturated carbocycles. The Morgan fingerprint density at radius 1 is 1.45 bits per heavy atom. The van der Waals surface area contributed by atoms with Gasteiger partial charge in [-0.1, -0.05) is 0 Å². The van der Waals surface area contributed by atoms with Crippen LogP contribution in [0.4, 0.5) is 4.79 Å². The molecule has 0 unspecified atom stereocenters. The normalized spacial score (nSPS) is 10.7. The van der Waals surface area contributed by atoms with E-state index in [9.17, 15) is 4.79 Å². The van der Waals surface area contributed by atoms with E-state index in [0.29, 0.717) is 26.1 Å². The molecule has 0 atom stereocenters. The number of H-pyrrole nitrogens is 1. The van der Waals surface area contributed by atoms with Crippen LogP contribution in [0.5, 0.6) is 0 Å². The Morgan fingerprint density at radius 2 is 2.27 bits per heavy atom. The fraction of sp³-hybridized carbons (Fsp3) is 0.467. The largest absolute Gasteiger partial charge is 0.396 e. The van der Waals surface area contributed by atoms with E-state index in [0.717, 1.165) is 16.4 Å². The van der Waals surface area contributed by atoms with Crippen molar-refractivity contribution in [3.63, 3.8) is 0 Å². The minimum absolute atomic E-state index is 0.0740. The summed E-state index contributed by atoms with van der Waals surface area (Å²) in [5.41, 5.74) is 0.968. The molecule has 0 bridgehead atoms. The summed E-state index contributed by atoms with van der Waals surface area (Å²) in [6.45, 7) is 5.49. The third kappa shape index (κ3) is 4.85. The SMILES string of the molecule is Cc1cnc(CNC(=O)N(CCCO)Cc2ccc(C)s2)[nH]1. The van der Waals surface area contributed by atoms with E-state index in [1.165, 1.54) is 4.88 Å². The predicted molar refractivity (Wildman–Crippen MR) is 86.7 cm³/mol. The zero-order valence-corrected chi connectivity index (χ0v) is 13.7. The molecule has 7 heteroatoms. The van der Waals surface area contributed by atoms with Crippen LogP contribution in [0.3, 0.4) is 0 Å². The first-order valence-corrected chi connectivity index (χ1v) is 8.09. The van der Waals surface area contributed by atoms with Crippen LogP contribution in [-0.2, 0) is 13.1 Å². The standard InChI is InChI=1S/C15H22N4O2S/c1-11-8-16-14(18-11)9-17-15(21)19(6-3-7-20)10-13-5-4-12(2)22-13/h4-5,8,20H,3,6-7,9-10H2,1-2H3,(H,16,18)(H,17,21). The molecular weight excluding hydrogens is 300 g/mol. The van der Waals surface area contributed by atoms with E-state index in [-0.39, 0.29) is 12.6 Å². The number of aliphatic hydroxyl groups is 1. The number of hydrogen-bond donors (Lipinski definition) is 3. The van der Waals surface area contributed by atoms with Crippen LogP contribution in [0.15, 0.2) is 18.3 Å². The minimum atomic E-state index is -0.145. The van der Waals surface area contributed by atoms with Crippen LogP contribution in [0.2, 0.25) is 0 Å². The van der Waals surface area contributed by atoms with Crippen molar-refractivity contribution in [1.29, 1.82) is 0 Å². The van der Waals surface area contributed by atoms with Crippen LogP contribution in [-0.4, -0.2) is 39.2 Å². The summed E-state index contributed by atoms with van der Waals surface area (Å²) in [6, 6.07) is 3.94. The topological polar surface area (TPSA) is 81.2 Å². The molecule has 2 amide bonds. The summed E-state index contributed by atoms with van der Waals surface area (Å²) in [6.07, 6.45) is 2.30. The zero-order chi connectivity index (χ0) is 15.9. The van der Waals surface area contributed by atoms with Gasteiger partial charge in [0.25, 0.3) is 0 Å². The zero-order valence-electron chi connectivity index (χ0n) is 12.9. The van der Waals surface area contributed by atoms with E-state index < -0.39 is 0 Å². The molecule has 0 aliphatic rings. The number of nitrogens with zero attached hydrogens (tertiary/aromatic N) is 2. The molecule has 0 aliphatic heterocycles. The molecule has 2 rings (SSSR count). The lowest BCUT2D eigenvalue weighted by Crippen LogP contribution is -2.40. The van der Waals surface area contributed by atoms with E-state index in [1.807, 2.05) is 26.0 Å². The molecule has 120 valence electrons. The number of rotatable bonds is 7. The van der Waals surface area contributed by atoms with Gasteiger partial charge in [0.05, 0.1) is 13.1 Å². The second-order valence-corrected chi connectivity index (χ2v) is 6.56. The molecule has 3 N–H and O–H groups in total. The predicted octanol–water partition coefficient (Wildman–Crippen LogP) is 2.18. The Labute approximate surface area is 134 Å². The molecule has 0 saturated heterocycles. The number of aliphatic hydroxyl groups excluding tert-OH is 1. The van der Waals surface area contributed by atoms with E-state index in [1.54, 1.807) is 22.4 Å². The van der Waals surface area contributed by atoms with Gasteiger partial charge in [-0.2, -0.15) is 0 Å². The summed E-state index contributed by atoms with van der Waals surface area (Å²) >= 11 is 1.68. The van der Waals surface area contributed by atoms with Gasteiger partial charge in [0.2, 0.25) is 0 Å². The van der Waals surface area contributed by atoms with Crippen molar-refractivity contribution in [2.45, 2.75) is 33.4 Å². The van der Waals surface area contributed by atoms with Crippen LogP contribution in [0, 0.1) is 13.8 Å². The van der Waals surface area contributed by atoms with Gasteiger partial charge in [0.1, 0.15) is 5.82 Å². The molecule has 0 spiro atoms. The van der Waals surface area contributed by atoms with Crippen LogP contribution in [0.25, 0.3) is 0 Å². The smallest absolute Gasteiger partial charge is 0.318 e. The van der Waals surface area contributed by atoms with Crippen LogP contribution in [0.1, 0.15) is 27.7 Å². The lowest BCUT2D eigenvalue weighted by atomic mass is 10.3. The molecule has 0 aromatic carbocycles. The lowest BCUT2D eigenvalue weighted by molar-refractivity contribution is 0.186. The summed E-state index contributed by atoms with van der Waals surface area (Å²) in [5, 5.41) is 11.9. The van der Waals surface area contributed by atoms with Crippen molar-refractivity contribution in [3.05, 3.63) is 39.6 Å². The van der Waals surface area contributed by atoms with Crippen molar-refractivity contribution in [1.82, 2.24) is 20.2 Å². The highest BCUT2D eigenvalue weighted by Gasteiger charge is 2.14. The molecule has 2 heterocycles. The number of carbonyl (C=O) groups excluding carboxylic acids is 1. The second-order valence-electron chi connectivity index (χ2n) is 5.18. The van der Waals surface area contributed by atoms with Crippen molar-refractivity contribution < 1.29 is 9.90 Å². The monoisotopic (exact) mass is 322 g/mol. The van der Waals surface area contributed by atoms with Gasteiger partial charge in [0.15, 0.2) is 0 Å². The molecule has 22 heavy (non-hydrogen) atoms. The van der Waals surface area contributed by atoms with Crippen molar-refractivity contribution >= 4 is 17.4 Å². The first-order valence-electron chi connectivity index (χ1n) is 7.28. The Kier molecular flexibility index (Phi) is 5.97. The summed E-state index contributed by atoms with van der Waals surface area (Å²) in [5.74, 6) is 0.736. The maximum absolute atomic E-state index is 12.3. The second kappa shape index (κ2) is 7.95. The molecule has 0 aliphatic carbocycles. The van der Waals surface area contributed by atoms with Gasteiger partial charge in [-0.3, -0.25) is 0 Å². The highest BCUT2D eigenvalue weighted by atomic mass is 32.1. The van der Waals surface area contributed by atoms with Crippen molar-refractivity contribution in [2.75, 3.05) is 13.2 Å². The number of aromatic amines is 1. The molecule has 0 radical (unpaired) electrons. The van der Waals surface area contributed by atoms with E-state index in [2.05, 4.69) is 15.3 Å². The van der Waals surface area contributed by atoms with Crippen molar-refractivity contribution in [3.8, 4) is 0 Å². The van der Waals surface area contributed by atoms with Gasteiger partial charge in [-0.05, 0) is 32.4 Å². The maximum atomic E-state index is 12.3. The number of amides is 2. The number of carbonyl (C=O) groups is 1. The Bertz CT molecular complexity index is 608. The Morgan fingerprint density at radius 3 is 2.86 bits per heavy atom. The summed E-state index contributed by atoms with van der Waals surface area (Å²) in [7, 11) is 0. The minimum Gasteiger partial charge on any atom is -0.396 e. The summed E-state index contributed by atoms with van der Waals surface area (Å²) < 4.78 is 0. The average Bonchev–Trinajstić information content (AvgIpc) is 3.09. The number of urea groups is 1. The fourth-order valence-corrected chi connectivity index (χ4v) is 3.01. The number of imidazole rings is 1. The van der Waals surface area contributed by atoms with E-state index in [4.69, 9.17) is 5.11 Å². The van der Waals surface area contributed by atoms with Gasteiger partial charge in [-0.25, -0.2) is 9.78 Å². The van der Waals surface area contributed by atoms with Gasteiger partial charge in [0, 0.05) is 34.8 Å². The molecular formula is C15H22N4O2S. The van der Waals surface area contributed by atoms with Gasteiger partial charge in [-0.15, -0.1) is 11.3 Å².